The van der Waals surface area contributed by atoms with Crippen LogP contribution in [0.4, 0.5) is 16.2 Å². The maximum atomic E-state index is 12.0. The van der Waals surface area contributed by atoms with Crippen LogP contribution in [0.15, 0.2) is 59.4 Å². The number of rotatable bonds is 3. The summed E-state index contributed by atoms with van der Waals surface area (Å²) >= 11 is 0. The van der Waals surface area contributed by atoms with E-state index in [-0.39, 0.29) is 11.6 Å². The summed E-state index contributed by atoms with van der Waals surface area (Å²) in [5.41, 5.74) is 2.55. The molecule has 8 nitrogen and oxygen atoms in total. The van der Waals surface area contributed by atoms with E-state index in [1.807, 2.05) is 0 Å². The van der Waals surface area contributed by atoms with Crippen LogP contribution in [0.5, 0.6) is 11.6 Å². The van der Waals surface area contributed by atoms with E-state index >= 15 is 0 Å². The number of hydrogen-bond acceptors (Lipinski definition) is 7. The lowest BCUT2D eigenvalue weighted by atomic mass is 10.1. The fourth-order valence-corrected chi connectivity index (χ4v) is 2.15. The molecule has 8 heteroatoms. The Morgan fingerprint density at radius 3 is 2.56 bits per heavy atom. The zero-order valence-electron chi connectivity index (χ0n) is 13.6. The molecule has 0 bridgehead atoms. The van der Waals surface area contributed by atoms with Crippen molar-refractivity contribution in [3.8, 4) is 11.6 Å². The van der Waals surface area contributed by atoms with Gasteiger partial charge in [0.15, 0.2) is 0 Å². The van der Waals surface area contributed by atoms with Crippen molar-refractivity contribution in [2.45, 2.75) is 13.8 Å². The van der Waals surface area contributed by atoms with E-state index in [1.54, 1.807) is 32.0 Å². The molecule has 3 aromatic rings. The molecule has 3 rings (SSSR count). The average Bonchev–Trinajstić information content (AvgIpc) is 3.08. The lowest BCUT2D eigenvalue weighted by molar-refractivity contribution is 0.200. The maximum Gasteiger partial charge on any atom is 0.424 e. The molecule has 0 aliphatic heterocycles. The summed E-state index contributed by atoms with van der Waals surface area (Å²) in [6.45, 7) is 3.59. The van der Waals surface area contributed by atoms with Crippen LogP contribution in [-0.4, -0.2) is 25.7 Å². The van der Waals surface area contributed by atoms with E-state index < -0.39 is 6.09 Å². The highest BCUT2D eigenvalue weighted by Gasteiger charge is 2.09. The van der Waals surface area contributed by atoms with Crippen molar-refractivity contribution in [1.29, 1.82) is 0 Å². The molecule has 1 aromatic carbocycles. The van der Waals surface area contributed by atoms with Gasteiger partial charge in [0, 0.05) is 24.7 Å². The molecule has 0 fully saturated rings. The van der Waals surface area contributed by atoms with E-state index in [2.05, 4.69) is 20.2 Å². The van der Waals surface area contributed by atoms with Crippen molar-refractivity contribution in [2.24, 2.45) is 10.2 Å². The van der Waals surface area contributed by atoms with Crippen LogP contribution in [0.2, 0.25) is 0 Å². The van der Waals surface area contributed by atoms with Gasteiger partial charge in [-0.15, -0.1) is 5.11 Å². The Balaban J connectivity index is 1.72. The van der Waals surface area contributed by atoms with Gasteiger partial charge in [0.2, 0.25) is 5.88 Å². The van der Waals surface area contributed by atoms with Crippen molar-refractivity contribution < 1.29 is 14.6 Å². The molecule has 0 aliphatic carbocycles. The predicted molar refractivity (Wildman–Crippen MR) is 89.6 cm³/mol. The minimum Gasteiger partial charge on any atom is -0.507 e. The van der Waals surface area contributed by atoms with Gasteiger partial charge in [-0.3, -0.25) is 4.57 Å². The second kappa shape index (κ2) is 6.91. The van der Waals surface area contributed by atoms with Crippen LogP contribution < -0.4 is 4.74 Å². The molecule has 2 heterocycles. The van der Waals surface area contributed by atoms with Crippen LogP contribution in [0.3, 0.4) is 0 Å². The van der Waals surface area contributed by atoms with Crippen molar-refractivity contribution in [1.82, 2.24) is 14.5 Å². The largest absolute Gasteiger partial charge is 0.507 e. The number of phenolic OH excluding ortho intramolecular Hbond substituents is 1. The zero-order chi connectivity index (χ0) is 17.8. The molecule has 0 spiro atoms. The summed E-state index contributed by atoms with van der Waals surface area (Å²) in [7, 11) is 0. The third-order valence-corrected chi connectivity index (χ3v) is 3.39. The number of benzene rings is 1. The Morgan fingerprint density at radius 1 is 1.16 bits per heavy atom. The summed E-state index contributed by atoms with van der Waals surface area (Å²) < 4.78 is 6.33. The van der Waals surface area contributed by atoms with Gasteiger partial charge in [-0.2, -0.15) is 5.11 Å². The molecule has 0 saturated carbocycles. The average molecular weight is 337 g/mol. The smallest absolute Gasteiger partial charge is 0.424 e. The Hall–Kier alpha value is -3.55. The Bertz CT molecular complexity index is 911. The van der Waals surface area contributed by atoms with Crippen LogP contribution >= 0.6 is 0 Å². The number of aromatic hydroxyl groups is 1. The molecule has 0 saturated heterocycles. The summed E-state index contributed by atoms with van der Waals surface area (Å²) in [5.74, 6) is 0.407. The van der Waals surface area contributed by atoms with Gasteiger partial charge in [-0.25, -0.2) is 14.8 Å². The molecule has 0 amide bonds. The summed E-state index contributed by atoms with van der Waals surface area (Å²) in [5, 5.41) is 18.0. The van der Waals surface area contributed by atoms with Crippen LogP contribution in [0.1, 0.15) is 11.1 Å². The molecule has 2 aromatic heterocycles. The minimum atomic E-state index is -0.614. The van der Waals surface area contributed by atoms with Gasteiger partial charge in [-0.05, 0) is 43.2 Å². The standard InChI is InChI=1S/C17H15N5O3/c1-11-7-14(8-12(2)16(11)23)21-20-13-4-6-22(9-13)17(24)25-15-3-5-18-10-19-15/h3-10,23H,1-2H3/b21-20+. The fraction of sp³-hybridized carbons (Fsp3) is 0.118. The second-order valence-electron chi connectivity index (χ2n) is 5.32. The molecule has 126 valence electrons. The van der Waals surface area contributed by atoms with Crippen molar-refractivity contribution in [3.05, 3.63) is 60.3 Å². The van der Waals surface area contributed by atoms with Gasteiger partial charge in [-0.1, -0.05) is 0 Å². The molecular formula is C17H15N5O3. The van der Waals surface area contributed by atoms with Gasteiger partial charge in [0.1, 0.15) is 17.8 Å². The first-order chi connectivity index (χ1) is 12.0. The van der Waals surface area contributed by atoms with E-state index in [9.17, 15) is 9.90 Å². The zero-order valence-corrected chi connectivity index (χ0v) is 13.6. The van der Waals surface area contributed by atoms with E-state index in [0.29, 0.717) is 11.4 Å². The highest BCUT2D eigenvalue weighted by atomic mass is 16.6. The fourth-order valence-electron chi connectivity index (χ4n) is 2.15. The minimum absolute atomic E-state index is 0.159. The third kappa shape index (κ3) is 3.86. The molecule has 1 N–H and O–H groups in total. The summed E-state index contributed by atoms with van der Waals surface area (Å²) in [6.07, 6.45) is 5.17. The molecular weight excluding hydrogens is 322 g/mol. The van der Waals surface area contributed by atoms with E-state index in [4.69, 9.17) is 4.74 Å². The molecule has 0 radical (unpaired) electrons. The highest BCUT2D eigenvalue weighted by molar-refractivity contribution is 5.73. The molecule has 25 heavy (non-hydrogen) atoms. The van der Waals surface area contributed by atoms with E-state index in [1.165, 1.54) is 35.6 Å². The Morgan fingerprint density at radius 2 is 1.88 bits per heavy atom. The van der Waals surface area contributed by atoms with Gasteiger partial charge < -0.3 is 9.84 Å². The first kappa shape index (κ1) is 16.3. The van der Waals surface area contributed by atoms with Crippen molar-refractivity contribution in [3.63, 3.8) is 0 Å². The van der Waals surface area contributed by atoms with Crippen molar-refractivity contribution >= 4 is 17.5 Å². The first-order valence-corrected chi connectivity index (χ1v) is 7.41. The second-order valence-corrected chi connectivity index (χ2v) is 5.32. The Kier molecular flexibility index (Phi) is 4.51. The van der Waals surface area contributed by atoms with Gasteiger partial charge in [0.25, 0.3) is 0 Å². The highest BCUT2D eigenvalue weighted by Crippen LogP contribution is 2.28. The van der Waals surface area contributed by atoms with E-state index in [0.717, 1.165) is 11.1 Å². The normalized spacial score (nSPS) is 11.0. The third-order valence-electron chi connectivity index (χ3n) is 3.39. The first-order valence-electron chi connectivity index (χ1n) is 7.41. The number of aromatic nitrogens is 3. The SMILES string of the molecule is Cc1cc(/N=N/c2ccn(C(=O)Oc3ccncn3)c2)cc(C)c1O. The maximum absolute atomic E-state index is 12.0. The summed E-state index contributed by atoms with van der Waals surface area (Å²) in [4.78, 5) is 19.6. The topological polar surface area (TPSA) is 102 Å². The van der Waals surface area contributed by atoms with Crippen LogP contribution in [0.25, 0.3) is 0 Å². The molecule has 0 aliphatic rings. The lowest BCUT2D eigenvalue weighted by Gasteiger charge is -2.03. The number of phenols is 1. The van der Waals surface area contributed by atoms with Gasteiger partial charge >= 0.3 is 6.09 Å². The number of ether oxygens (including phenoxy) is 1. The number of carbonyl (C=O) groups excluding carboxylic acids is 1. The number of hydrogen-bond donors (Lipinski definition) is 1. The molecule has 0 atom stereocenters. The number of aryl methyl sites for hydroxylation is 2. The van der Waals surface area contributed by atoms with Crippen LogP contribution in [-0.2, 0) is 0 Å². The van der Waals surface area contributed by atoms with Crippen LogP contribution in [0, 0.1) is 13.8 Å². The number of carbonyl (C=O) groups is 1. The lowest BCUT2D eigenvalue weighted by Crippen LogP contribution is -2.15. The Labute approximate surface area is 143 Å². The van der Waals surface area contributed by atoms with Crippen molar-refractivity contribution in [2.75, 3.05) is 0 Å². The molecule has 0 unspecified atom stereocenters. The monoisotopic (exact) mass is 337 g/mol. The van der Waals surface area contributed by atoms with Gasteiger partial charge in [0.05, 0.1) is 5.69 Å². The summed E-state index contributed by atoms with van der Waals surface area (Å²) in [6, 6.07) is 6.57. The quantitative estimate of drug-likeness (QED) is 0.726. The predicted octanol–water partition coefficient (Wildman–Crippen LogP) is 4.06. The number of azo groups is 1. The number of nitrogens with zero attached hydrogens (tertiary/aromatic N) is 5.